The highest BCUT2D eigenvalue weighted by atomic mass is 35.5. The molecule has 0 saturated carbocycles. The number of benzene rings is 2. The zero-order valence-electron chi connectivity index (χ0n) is 14.6. The van der Waals surface area contributed by atoms with E-state index in [1.54, 1.807) is 35.2 Å². The van der Waals surface area contributed by atoms with E-state index in [1.165, 1.54) is 12.1 Å². The molecule has 1 aliphatic heterocycles. The molecule has 28 heavy (non-hydrogen) atoms. The summed E-state index contributed by atoms with van der Waals surface area (Å²) in [6.45, 7) is 0.692. The van der Waals surface area contributed by atoms with Gasteiger partial charge in [-0.05, 0) is 36.4 Å². The summed E-state index contributed by atoms with van der Waals surface area (Å²) in [5.41, 5.74) is 2.35. The molecule has 5 nitrogen and oxygen atoms in total. The lowest BCUT2D eigenvalue weighted by molar-refractivity contribution is -0.134. The number of hydrogen-bond acceptors (Lipinski definition) is 4. The summed E-state index contributed by atoms with van der Waals surface area (Å²) >= 11 is 12.0. The predicted octanol–water partition coefficient (Wildman–Crippen LogP) is 4.75. The molecule has 1 aromatic heterocycles. The zero-order valence-corrected chi connectivity index (χ0v) is 16.1. The van der Waals surface area contributed by atoms with Crippen molar-refractivity contribution >= 4 is 29.1 Å². The van der Waals surface area contributed by atoms with Gasteiger partial charge in [0.05, 0.1) is 17.3 Å². The SMILES string of the molecule is O=C(COc1cc(Cl)ccc1Cl)N1CCc2noc(-c3ccc(F)cc3)c2C1. The highest BCUT2D eigenvalue weighted by molar-refractivity contribution is 6.34. The maximum atomic E-state index is 13.2. The van der Waals surface area contributed by atoms with Gasteiger partial charge >= 0.3 is 0 Å². The molecule has 3 aromatic rings. The van der Waals surface area contributed by atoms with Gasteiger partial charge < -0.3 is 14.2 Å². The molecule has 0 saturated heterocycles. The van der Waals surface area contributed by atoms with Crippen molar-refractivity contribution in [2.45, 2.75) is 13.0 Å². The first-order chi connectivity index (χ1) is 13.5. The van der Waals surface area contributed by atoms with E-state index >= 15 is 0 Å². The van der Waals surface area contributed by atoms with Crippen molar-refractivity contribution in [2.24, 2.45) is 0 Å². The van der Waals surface area contributed by atoms with E-state index in [2.05, 4.69) is 5.16 Å². The molecule has 0 radical (unpaired) electrons. The summed E-state index contributed by atoms with van der Waals surface area (Å²) in [6, 6.07) is 10.8. The van der Waals surface area contributed by atoms with E-state index < -0.39 is 0 Å². The Morgan fingerprint density at radius 3 is 2.79 bits per heavy atom. The number of ether oxygens (including phenoxy) is 1. The highest BCUT2D eigenvalue weighted by Crippen LogP contribution is 2.31. The third-order valence-corrected chi connectivity index (χ3v) is 5.09. The molecule has 0 unspecified atom stereocenters. The maximum Gasteiger partial charge on any atom is 0.260 e. The first kappa shape index (κ1) is 18.8. The number of hydrogen-bond donors (Lipinski definition) is 0. The van der Waals surface area contributed by atoms with Gasteiger partial charge in [-0.2, -0.15) is 0 Å². The monoisotopic (exact) mass is 420 g/mol. The number of aromatic nitrogens is 1. The molecule has 0 fully saturated rings. The molecule has 2 heterocycles. The molecule has 0 aliphatic carbocycles. The van der Waals surface area contributed by atoms with Crippen molar-refractivity contribution in [3.63, 3.8) is 0 Å². The number of fused-ring (bicyclic) bond motifs is 1. The Kier molecular flexibility index (Phi) is 5.24. The van der Waals surface area contributed by atoms with Crippen LogP contribution in [0.1, 0.15) is 11.3 Å². The van der Waals surface area contributed by atoms with Gasteiger partial charge in [-0.1, -0.05) is 28.4 Å². The van der Waals surface area contributed by atoms with Crippen LogP contribution in [0.15, 0.2) is 47.0 Å². The molecule has 0 N–H and O–H groups in total. The van der Waals surface area contributed by atoms with Crippen molar-refractivity contribution in [2.75, 3.05) is 13.2 Å². The minimum absolute atomic E-state index is 0.160. The fourth-order valence-electron chi connectivity index (χ4n) is 3.07. The number of carbonyl (C=O) groups excluding carboxylic acids is 1. The van der Waals surface area contributed by atoms with E-state index in [0.717, 1.165) is 11.3 Å². The average molecular weight is 421 g/mol. The van der Waals surface area contributed by atoms with Crippen LogP contribution in [0.2, 0.25) is 10.0 Å². The van der Waals surface area contributed by atoms with Gasteiger partial charge in [0.25, 0.3) is 5.91 Å². The zero-order chi connectivity index (χ0) is 19.7. The van der Waals surface area contributed by atoms with Gasteiger partial charge in [-0.3, -0.25) is 4.79 Å². The lowest BCUT2D eigenvalue weighted by Gasteiger charge is -2.26. The van der Waals surface area contributed by atoms with Crippen LogP contribution in [0.3, 0.4) is 0 Å². The summed E-state index contributed by atoms with van der Waals surface area (Å²) in [7, 11) is 0. The lowest BCUT2D eigenvalue weighted by Crippen LogP contribution is -2.38. The molecule has 4 rings (SSSR count). The summed E-state index contributed by atoms with van der Waals surface area (Å²) in [5.74, 6) is 0.391. The van der Waals surface area contributed by atoms with Gasteiger partial charge in [-0.25, -0.2) is 4.39 Å². The predicted molar refractivity (Wildman–Crippen MR) is 103 cm³/mol. The maximum absolute atomic E-state index is 13.2. The van der Waals surface area contributed by atoms with E-state index in [4.69, 9.17) is 32.5 Å². The molecule has 0 spiro atoms. The van der Waals surface area contributed by atoms with E-state index in [9.17, 15) is 9.18 Å². The van der Waals surface area contributed by atoms with Gasteiger partial charge in [0.15, 0.2) is 12.4 Å². The molecular formula is C20H15Cl2FN2O3. The normalized spacial score (nSPS) is 13.3. The quantitative estimate of drug-likeness (QED) is 0.610. The number of rotatable bonds is 4. The van der Waals surface area contributed by atoms with Crippen molar-refractivity contribution in [3.05, 3.63) is 69.6 Å². The second-order valence-corrected chi connectivity index (χ2v) is 7.22. The Morgan fingerprint density at radius 2 is 2.00 bits per heavy atom. The van der Waals surface area contributed by atoms with Crippen molar-refractivity contribution < 1.29 is 18.4 Å². The molecule has 0 atom stereocenters. The van der Waals surface area contributed by atoms with Crippen LogP contribution in [0, 0.1) is 5.82 Å². The fourth-order valence-corrected chi connectivity index (χ4v) is 3.41. The van der Waals surface area contributed by atoms with Crippen LogP contribution in [-0.4, -0.2) is 29.1 Å². The summed E-state index contributed by atoms with van der Waals surface area (Å²) in [6.07, 6.45) is 0.573. The van der Waals surface area contributed by atoms with Crippen LogP contribution < -0.4 is 4.74 Å². The van der Waals surface area contributed by atoms with Crippen LogP contribution in [0.4, 0.5) is 4.39 Å². The highest BCUT2D eigenvalue weighted by Gasteiger charge is 2.27. The Balaban J connectivity index is 1.47. The van der Waals surface area contributed by atoms with Crippen LogP contribution in [0.25, 0.3) is 11.3 Å². The summed E-state index contributed by atoms with van der Waals surface area (Å²) in [4.78, 5) is 14.3. The van der Waals surface area contributed by atoms with Gasteiger partial charge in [0.2, 0.25) is 0 Å². The van der Waals surface area contributed by atoms with Crippen molar-refractivity contribution in [1.29, 1.82) is 0 Å². The molecule has 8 heteroatoms. The number of nitrogens with zero attached hydrogens (tertiary/aromatic N) is 2. The fraction of sp³-hybridized carbons (Fsp3) is 0.200. The Hall–Kier alpha value is -2.57. The molecule has 1 aliphatic rings. The van der Waals surface area contributed by atoms with Crippen LogP contribution in [0.5, 0.6) is 5.75 Å². The van der Waals surface area contributed by atoms with E-state index in [0.29, 0.717) is 46.6 Å². The van der Waals surface area contributed by atoms with Gasteiger partial charge in [-0.15, -0.1) is 0 Å². The topological polar surface area (TPSA) is 55.6 Å². The minimum Gasteiger partial charge on any atom is -0.482 e. The van der Waals surface area contributed by atoms with E-state index in [-0.39, 0.29) is 18.3 Å². The molecule has 2 aromatic carbocycles. The van der Waals surface area contributed by atoms with E-state index in [1.807, 2.05) is 0 Å². The molecular weight excluding hydrogens is 406 g/mol. The minimum atomic E-state index is -0.328. The standard InChI is InChI=1S/C20H15Cl2FN2O3/c21-13-3-6-16(22)18(9-13)27-11-19(26)25-8-7-17-15(10-25)20(28-24-17)12-1-4-14(23)5-2-12/h1-6,9H,7-8,10-11H2. The second-order valence-electron chi connectivity index (χ2n) is 6.37. The van der Waals surface area contributed by atoms with Crippen LogP contribution >= 0.6 is 23.2 Å². The number of carbonyl (C=O) groups is 1. The smallest absolute Gasteiger partial charge is 0.260 e. The molecule has 0 bridgehead atoms. The van der Waals surface area contributed by atoms with Crippen molar-refractivity contribution in [1.82, 2.24) is 10.1 Å². The largest absolute Gasteiger partial charge is 0.482 e. The third kappa shape index (κ3) is 3.84. The number of halogens is 3. The average Bonchev–Trinajstić information content (AvgIpc) is 3.12. The Labute approximate surface area is 170 Å². The first-order valence-electron chi connectivity index (χ1n) is 8.60. The summed E-state index contributed by atoms with van der Waals surface area (Å²) in [5, 5.41) is 4.95. The van der Waals surface area contributed by atoms with Gasteiger partial charge in [0.1, 0.15) is 11.6 Å². The first-order valence-corrected chi connectivity index (χ1v) is 9.36. The second kappa shape index (κ2) is 7.81. The summed E-state index contributed by atoms with van der Waals surface area (Å²) < 4.78 is 24.2. The number of amides is 1. The Bertz CT molecular complexity index is 1020. The molecule has 1 amide bonds. The lowest BCUT2D eigenvalue weighted by atomic mass is 10.0. The molecule has 144 valence electrons. The van der Waals surface area contributed by atoms with Crippen molar-refractivity contribution in [3.8, 4) is 17.1 Å². The van der Waals surface area contributed by atoms with Crippen LogP contribution in [-0.2, 0) is 17.8 Å². The van der Waals surface area contributed by atoms with Gasteiger partial charge in [0, 0.05) is 35.2 Å². The third-order valence-electron chi connectivity index (χ3n) is 4.54. The Morgan fingerprint density at radius 1 is 1.21 bits per heavy atom.